The third-order valence-electron chi connectivity index (χ3n) is 5.07. The number of nitrogens with one attached hydrogen (secondary N) is 3. The third kappa shape index (κ3) is 10.9. The van der Waals surface area contributed by atoms with Crippen LogP contribution in [0, 0.1) is 0 Å². The lowest BCUT2D eigenvalue weighted by molar-refractivity contribution is -0.145. The summed E-state index contributed by atoms with van der Waals surface area (Å²) in [7, 11) is 0. The zero-order valence-electron chi connectivity index (χ0n) is 20.0. The van der Waals surface area contributed by atoms with Crippen molar-refractivity contribution in [3.05, 3.63) is 35.9 Å². The number of aliphatic hydroxyl groups excluding tert-OH is 1. The highest BCUT2D eigenvalue weighted by atomic mass is 32.1. The number of carboxylic acids is 1. The summed E-state index contributed by atoms with van der Waals surface area (Å²) < 4.78 is 0. The Labute approximate surface area is 214 Å². The second-order valence-corrected chi connectivity index (χ2v) is 8.48. The Morgan fingerprint density at radius 3 is 2.11 bits per heavy atom. The summed E-state index contributed by atoms with van der Waals surface area (Å²) in [6.07, 6.45) is -0.978. The van der Waals surface area contributed by atoms with Gasteiger partial charge in [0.15, 0.2) is 12.0 Å². The standard InChI is InChI=1S/C22H35N7O6S/c1-12(30)17(21(34)35)29-19(32)15(8-5-9-26-22(24)25)27-20(33)16(28-18(31)14(23)11-36)10-13-6-3-2-4-7-13/h2-4,6-7,12,14-17,30,36H,5,8-11,23H2,1H3,(H,27,33)(H,28,31)(H,29,32)(H,34,35)(H4,24,25,26). The summed E-state index contributed by atoms with van der Waals surface area (Å²) in [4.78, 5) is 53.7. The second kappa shape index (κ2) is 15.6. The van der Waals surface area contributed by atoms with Gasteiger partial charge in [-0.25, -0.2) is 4.79 Å². The summed E-state index contributed by atoms with van der Waals surface area (Å²) in [5.74, 6) is -3.67. The molecule has 0 aliphatic carbocycles. The van der Waals surface area contributed by atoms with E-state index in [-0.39, 0.29) is 37.5 Å². The van der Waals surface area contributed by atoms with Gasteiger partial charge in [0.05, 0.1) is 12.1 Å². The van der Waals surface area contributed by atoms with Crippen LogP contribution in [0.5, 0.6) is 0 Å². The Morgan fingerprint density at radius 1 is 1.00 bits per heavy atom. The van der Waals surface area contributed by atoms with E-state index in [1.165, 1.54) is 6.92 Å². The van der Waals surface area contributed by atoms with Gasteiger partial charge >= 0.3 is 5.97 Å². The van der Waals surface area contributed by atoms with Crippen LogP contribution in [0.1, 0.15) is 25.3 Å². The highest BCUT2D eigenvalue weighted by Gasteiger charge is 2.31. The quantitative estimate of drug-likeness (QED) is 0.0507. The van der Waals surface area contributed by atoms with Crippen LogP contribution in [0.15, 0.2) is 35.3 Å². The fraction of sp³-hybridized carbons (Fsp3) is 0.500. The molecule has 1 aromatic carbocycles. The van der Waals surface area contributed by atoms with E-state index in [4.69, 9.17) is 17.2 Å². The molecule has 0 aliphatic rings. The first-order valence-corrected chi connectivity index (χ1v) is 11.9. The molecule has 200 valence electrons. The number of carbonyl (C=O) groups excluding carboxylic acids is 3. The molecule has 14 heteroatoms. The number of thiol groups is 1. The number of nitrogens with two attached hydrogens (primary N) is 3. The van der Waals surface area contributed by atoms with Crippen molar-refractivity contribution in [3.63, 3.8) is 0 Å². The minimum absolute atomic E-state index is 0.0443. The predicted octanol–water partition coefficient (Wildman–Crippen LogP) is -2.54. The monoisotopic (exact) mass is 525 g/mol. The van der Waals surface area contributed by atoms with Crippen LogP contribution in [0.25, 0.3) is 0 Å². The van der Waals surface area contributed by atoms with E-state index in [1.54, 1.807) is 30.3 Å². The van der Waals surface area contributed by atoms with Crippen LogP contribution in [-0.4, -0.2) is 82.4 Å². The van der Waals surface area contributed by atoms with Gasteiger partial charge in [-0.1, -0.05) is 30.3 Å². The molecule has 0 bridgehead atoms. The number of aliphatic imine (C=N–C) groups is 1. The van der Waals surface area contributed by atoms with Gasteiger partial charge in [-0.3, -0.25) is 19.4 Å². The topological polar surface area (TPSA) is 235 Å². The first kappa shape index (κ1) is 30.7. The van der Waals surface area contributed by atoms with Crippen LogP contribution in [-0.2, 0) is 25.6 Å². The first-order valence-electron chi connectivity index (χ1n) is 11.2. The molecule has 0 spiro atoms. The van der Waals surface area contributed by atoms with Crippen molar-refractivity contribution >= 4 is 42.3 Å². The van der Waals surface area contributed by atoms with Crippen LogP contribution < -0.4 is 33.2 Å². The van der Waals surface area contributed by atoms with E-state index in [2.05, 4.69) is 33.6 Å². The summed E-state index contributed by atoms with van der Waals surface area (Å²) >= 11 is 4.00. The van der Waals surface area contributed by atoms with Gasteiger partial charge in [0.25, 0.3) is 0 Å². The lowest BCUT2D eigenvalue weighted by atomic mass is 10.0. The Balaban J connectivity index is 3.12. The number of amides is 3. The third-order valence-corrected chi connectivity index (χ3v) is 5.47. The molecule has 0 radical (unpaired) electrons. The van der Waals surface area contributed by atoms with Gasteiger partial charge in [0, 0.05) is 18.7 Å². The molecule has 1 aromatic rings. The van der Waals surface area contributed by atoms with Crippen LogP contribution >= 0.6 is 12.6 Å². The number of carbonyl (C=O) groups is 4. The first-order chi connectivity index (χ1) is 17.0. The largest absolute Gasteiger partial charge is 0.480 e. The molecule has 0 saturated heterocycles. The summed E-state index contributed by atoms with van der Waals surface area (Å²) in [5.41, 5.74) is 17.1. The van der Waals surface area contributed by atoms with Crippen molar-refractivity contribution in [3.8, 4) is 0 Å². The van der Waals surface area contributed by atoms with Gasteiger partial charge < -0.3 is 43.4 Å². The number of aliphatic carboxylic acids is 1. The molecule has 0 fully saturated rings. The molecule has 5 unspecified atom stereocenters. The normalized spacial score (nSPS) is 14.9. The minimum Gasteiger partial charge on any atom is -0.480 e. The fourth-order valence-electron chi connectivity index (χ4n) is 3.11. The Bertz CT molecular complexity index is 911. The summed E-state index contributed by atoms with van der Waals surface area (Å²) in [5, 5.41) is 26.3. The van der Waals surface area contributed by atoms with Crippen molar-refractivity contribution in [2.24, 2.45) is 22.2 Å². The average Bonchev–Trinajstić information content (AvgIpc) is 2.83. The molecular formula is C22H35N7O6S. The molecule has 1 rings (SSSR count). The van der Waals surface area contributed by atoms with Gasteiger partial charge in [-0.15, -0.1) is 0 Å². The smallest absolute Gasteiger partial charge is 0.328 e. The number of aliphatic hydroxyl groups is 1. The van der Waals surface area contributed by atoms with Crippen molar-refractivity contribution in [2.45, 2.75) is 56.5 Å². The van der Waals surface area contributed by atoms with Crippen LogP contribution in [0.4, 0.5) is 0 Å². The lowest BCUT2D eigenvalue weighted by Crippen LogP contribution is -2.58. The van der Waals surface area contributed by atoms with Gasteiger partial charge in [-0.05, 0) is 25.3 Å². The SMILES string of the molecule is CC(O)C(NC(=O)C(CCCN=C(N)N)NC(=O)C(Cc1ccccc1)NC(=O)C(N)CS)C(=O)O. The zero-order valence-corrected chi connectivity index (χ0v) is 20.9. The second-order valence-electron chi connectivity index (χ2n) is 8.12. The number of rotatable bonds is 15. The number of carboxylic acid groups (broad SMARTS) is 1. The molecule has 0 aromatic heterocycles. The molecule has 11 N–H and O–H groups in total. The van der Waals surface area contributed by atoms with Crippen molar-refractivity contribution in [2.75, 3.05) is 12.3 Å². The number of benzene rings is 1. The van der Waals surface area contributed by atoms with Gasteiger partial charge in [-0.2, -0.15) is 12.6 Å². The number of hydrogen-bond donors (Lipinski definition) is 9. The highest BCUT2D eigenvalue weighted by Crippen LogP contribution is 2.07. The number of guanidine groups is 1. The molecular weight excluding hydrogens is 490 g/mol. The molecule has 0 saturated carbocycles. The molecule has 5 atom stereocenters. The van der Waals surface area contributed by atoms with Crippen LogP contribution in [0.2, 0.25) is 0 Å². The van der Waals surface area contributed by atoms with Crippen molar-refractivity contribution in [1.82, 2.24) is 16.0 Å². The Hall–Kier alpha value is -3.36. The molecule has 0 heterocycles. The highest BCUT2D eigenvalue weighted by molar-refractivity contribution is 7.80. The lowest BCUT2D eigenvalue weighted by Gasteiger charge is -2.25. The Kier molecular flexibility index (Phi) is 13.3. The van der Waals surface area contributed by atoms with Crippen LogP contribution in [0.3, 0.4) is 0 Å². The summed E-state index contributed by atoms with van der Waals surface area (Å²) in [6.45, 7) is 1.36. The Morgan fingerprint density at radius 2 is 1.58 bits per heavy atom. The molecule has 0 aliphatic heterocycles. The van der Waals surface area contributed by atoms with E-state index < -0.39 is 54.0 Å². The maximum absolute atomic E-state index is 13.2. The van der Waals surface area contributed by atoms with Gasteiger partial charge in [0.2, 0.25) is 17.7 Å². The summed E-state index contributed by atoms with van der Waals surface area (Å²) in [6, 6.07) is 4.03. The number of nitrogens with zero attached hydrogens (tertiary/aromatic N) is 1. The number of hydrogen-bond acceptors (Lipinski definition) is 8. The van der Waals surface area contributed by atoms with E-state index in [9.17, 15) is 29.4 Å². The molecule has 13 nitrogen and oxygen atoms in total. The minimum atomic E-state index is -1.59. The van der Waals surface area contributed by atoms with Crippen molar-refractivity contribution < 1.29 is 29.4 Å². The predicted molar refractivity (Wildman–Crippen MR) is 137 cm³/mol. The zero-order chi connectivity index (χ0) is 27.3. The van der Waals surface area contributed by atoms with E-state index >= 15 is 0 Å². The fourth-order valence-corrected chi connectivity index (χ4v) is 3.27. The maximum atomic E-state index is 13.2. The molecule has 36 heavy (non-hydrogen) atoms. The molecule has 3 amide bonds. The van der Waals surface area contributed by atoms with Crippen molar-refractivity contribution in [1.29, 1.82) is 0 Å². The average molecular weight is 526 g/mol. The van der Waals surface area contributed by atoms with E-state index in [1.807, 2.05) is 0 Å². The maximum Gasteiger partial charge on any atom is 0.328 e. The van der Waals surface area contributed by atoms with E-state index in [0.717, 1.165) is 5.56 Å². The van der Waals surface area contributed by atoms with E-state index in [0.29, 0.717) is 0 Å². The van der Waals surface area contributed by atoms with Gasteiger partial charge in [0.1, 0.15) is 12.1 Å².